The van der Waals surface area contributed by atoms with E-state index in [9.17, 15) is 0 Å². The fourth-order valence-electron chi connectivity index (χ4n) is 4.43. The van der Waals surface area contributed by atoms with E-state index >= 15 is 0 Å². The predicted octanol–water partition coefficient (Wildman–Crippen LogP) is 5.00. The van der Waals surface area contributed by atoms with Gasteiger partial charge in [0.15, 0.2) is 0 Å². The van der Waals surface area contributed by atoms with Gasteiger partial charge < -0.3 is 5.32 Å². The van der Waals surface area contributed by atoms with Crippen LogP contribution in [-0.4, -0.2) is 13.6 Å². The molecule has 0 aliphatic heterocycles. The molecule has 1 saturated carbocycles. The number of rotatable bonds is 3. The number of thiophene rings is 1. The lowest BCUT2D eigenvalue weighted by molar-refractivity contribution is 0.319. The first kappa shape index (κ1) is 13.5. The number of benzene rings is 1. The number of likely N-dealkylation sites (N-methyl/N-ethyl adjacent to an activating group) is 1. The van der Waals surface area contributed by atoms with E-state index < -0.39 is 0 Å². The van der Waals surface area contributed by atoms with Gasteiger partial charge in [-0.05, 0) is 84.5 Å². The summed E-state index contributed by atoms with van der Waals surface area (Å²) >= 11 is 1.93. The van der Waals surface area contributed by atoms with Crippen molar-refractivity contribution in [3.8, 4) is 0 Å². The second-order valence-corrected chi connectivity index (χ2v) is 7.50. The maximum absolute atomic E-state index is 3.42. The molecule has 1 aromatic carbocycles. The molecule has 5 rings (SSSR count). The minimum absolute atomic E-state index is 0.798. The summed E-state index contributed by atoms with van der Waals surface area (Å²) in [4.78, 5) is 0. The molecule has 1 N–H and O–H groups in total. The number of hydrogen-bond donors (Lipinski definition) is 1. The Morgan fingerprint density at radius 2 is 1.90 bits per heavy atom. The molecule has 1 heterocycles. The van der Waals surface area contributed by atoms with Crippen molar-refractivity contribution < 1.29 is 0 Å². The standard InChI is InChI=1S/C19H23NS/c1-12-11-21-19-15(12)4-3-5-16(19)18-14-8-6-13(7-9-14)17(18)10-20-2/h3-5,11,13-14,20H,6-10H2,1-2H3. The number of aryl methyl sites for hydroxylation is 1. The molecular weight excluding hydrogens is 274 g/mol. The molecule has 0 radical (unpaired) electrons. The van der Waals surface area contributed by atoms with Crippen molar-refractivity contribution in [1.29, 1.82) is 0 Å². The molecule has 1 aromatic heterocycles. The van der Waals surface area contributed by atoms with Gasteiger partial charge in [0.2, 0.25) is 0 Å². The molecule has 3 aliphatic carbocycles. The van der Waals surface area contributed by atoms with Crippen LogP contribution in [0.3, 0.4) is 0 Å². The van der Waals surface area contributed by atoms with Gasteiger partial charge in [0.05, 0.1) is 0 Å². The van der Waals surface area contributed by atoms with Crippen molar-refractivity contribution in [3.05, 3.63) is 40.3 Å². The first-order valence-corrected chi connectivity index (χ1v) is 9.02. The zero-order valence-electron chi connectivity index (χ0n) is 12.9. The SMILES string of the molecule is CNCC1=C(c2cccc3c(C)csc23)C2CCC1CC2. The quantitative estimate of drug-likeness (QED) is 0.840. The average molecular weight is 297 g/mol. The number of hydrogen-bond acceptors (Lipinski definition) is 2. The lowest BCUT2D eigenvalue weighted by Gasteiger charge is -2.41. The molecule has 1 nitrogen and oxygen atoms in total. The second-order valence-electron chi connectivity index (χ2n) is 6.62. The maximum Gasteiger partial charge on any atom is 0.0420 e. The van der Waals surface area contributed by atoms with E-state index in [4.69, 9.17) is 0 Å². The van der Waals surface area contributed by atoms with Crippen LogP contribution in [0, 0.1) is 18.8 Å². The molecule has 0 saturated heterocycles. The third kappa shape index (κ3) is 2.08. The van der Waals surface area contributed by atoms with E-state index in [2.05, 4.69) is 42.9 Å². The lowest BCUT2D eigenvalue weighted by Crippen LogP contribution is -2.30. The third-order valence-electron chi connectivity index (χ3n) is 5.43. The van der Waals surface area contributed by atoms with Crippen LogP contribution >= 0.6 is 11.3 Å². The van der Waals surface area contributed by atoms with E-state index in [1.807, 2.05) is 11.3 Å². The highest BCUT2D eigenvalue weighted by Gasteiger charge is 2.35. The number of nitrogens with one attached hydrogen (secondary N) is 1. The molecule has 1 fully saturated rings. The van der Waals surface area contributed by atoms with Crippen LogP contribution in [0.15, 0.2) is 29.2 Å². The minimum Gasteiger partial charge on any atom is -0.316 e. The molecule has 21 heavy (non-hydrogen) atoms. The van der Waals surface area contributed by atoms with Gasteiger partial charge in [0.25, 0.3) is 0 Å². The van der Waals surface area contributed by atoms with Gasteiger partial charge in [0.1, 0.15) is 0 Å². The predicted molar refractivity (Wildman–Crippen MR) is 92.9 cm³/mol. The van der Waals surface area contributed by atoms with Gasteiger partial charge in [-0.1, -0.05) is 18.2 Å². The Kier molecular flexibility index (Phi) is 3.39. The van der Waals surface area contributed by atoms with Crippen molar-refractivity contribution in [2.24, 2.45) is 11.8 Å². The Hall–Kier alpha value is -1.12. The van der Waals surface area contributed by atoms with Crippen molar-refractivity contribution in [2.45, 2.75) is 32.6 Å². The molecule has 110 valence electrons. The van der Waals surface area contributed by atoms with Gasteiger partial charge in [-0.3, -0.25) is 0 Å². The Balaban J connectivity index is 1.95. The first-order valence-electron chi connectivity index (χ1n) is 8.14. The van der Waals surface area contributed by atoms with E-state index in [0.717, 1.165) is 18.4 Å². The van der Waals surface area contributed by atoms with E-state index in [0.29, 0.717) is 0 Å². The zero-order chi connectivity index (χ0) is 14.4. The highest BCUT2D eigenvalue weighted by Crippen LogP contribution is 2.50. The number of fused-ring (bicyclic) bond motifs is 3. The van der Waals surface area contributed by atoms with Crippen molar-refractivity contribution >= 4 is 27.0 Å². The molecule has 0 spiro atoms. The molecule has 0 atom stereocenters. The molecule has 0 amide bonds. The van der Waals surface area contributed by atoms with E-state index in [1.165, 1.54) is 46.9 Å². The van der Waals surface area contributed by atoms with Crippen LogP contribution in [-0.2, 0) is 0 Å². The van der Waals surface area contributed by atoms with Gasteiger partial charge in [-0.25, -0.2) is 0 Å². The summed E-state index contributed by atoms with van der Waals surface area (Å²) in [6, 6.07) is 6.90. The van der Waals surface area contributed by atoms with Crippen LogP contribution in [0.1, 0.15) is 36.8 Å². The first-order chi connectivity index (χ1) is 10.3. The molecule has 0 unspecified atom stereocenters. The van der Waals surface area contributed by atoms with Gasteiger partial charge in [0, 0.05) is 11.2 Å². The van der Waals surface area contributed by atoms with Crippen LogP contribution in [0.5, 0.6) is 0 Å². The van der Waals surface area contributed by atoms with Crippen molar-refractivity contribution in [2.75, 3.05) is 13.6 Å². The Morgan fingerprint density at radius 1 is 1.14 bits per heavy atom. The summed E-state index contributed by atoms with van der Waals surface area (Å²) in [6.45, 7) is 3.30. The number of allylic oxidation sites excluding steroid dienone is 1. The Labute approximate surface area is 131 Å². The smallest absolute Gasteiger partial charge is 0.0420 e. The Morgan fingerprint density at radius 3 is 2.67 bits per heavy atom. The van der Waals surface area contributed by atoms with Crippen molar-refractivity contribution in [3.63, 3.8) is 0 Å². The van der Waals surface area contributed by atoms with Crippen LogP contribution in [0.2, 0.25) is 0 Å². The zero-order valence-corrected chi connectivity index (χ0v) is 13.7. The summed E-state index contributed by atoms with van der Waals surface area (Å²) in [5.41, 5.74) is 6.36. The third-order valence-corrected chi connectivity index (χ3v) is 6.57. The van der Waals surface area contributed by atoms with Crippen LogP contribution in [0.4, 0.5) is 0 Å². The average Bonchev–Trinajstić information content (AvgIpc) is 2.91. The molecular formula is C19H23NS. The topological polar surface area (TPSA) is 12.0 Å². The fourth-order valence-corrected chi connectivity index (χ4v) is 5.52. The maximum atomic E-state index is 3.42. The van der Waals surface area contributed by atoms with Gasteiger partial charge in [-0.15, -0.1) is 11.3 Å². The molecule has 2 bridgehead atoms. The molecule has 3 aliphatic rings. The van der Waals surface area contributed by atoms with E-state index in [1.54, 1.807) is 11.1 Å². The van der Waals surface area contributed by atoms with E-state index in [-0.39, 0.29) is 0 Å². The molecule has 2 aromatic rings. The Bertz CT molecular complexity index is 701. The largest absolute Gasteiger partial charge is 0.316 e. The lowest BCUT2D eigenvalue weighted by atomic mass is 9.65. The highest BCUT2D eigenvalue weighted by atomic mass is 32.1. The summed E-state index contributed by atoms with van der Waals surface area (Å²) in [5.74, 6) is 1.63. The van der Waals surface area contributed by atoms with Crippen LogP contribution in [0.25, 0.3) is 15.7 Å². The minimum atomic E-state index is 0.798. The van der Waals surface area contributed by atoms with Crippen LogP contribution < -0.4 is 5.32 Å². The van der Waals surface area contributed by atoms with Gasteiger partial charge >= 0.3 is 0 Å². The summed E-state index contributed by atoms with van der Waals surface area (Å²) < 4.78 is 1.51. The summed E-state index contributed by atoms with van der Waals surface area (Å²) in [6.07, 6.45) is 5.61. The summed E-state index contributed by atoms with van der Waals surface area (Å²) in [7, 11) is 2.09. The summed E-state index contributed by atoms with van der Waals surface area (Å²) in [5, 5.41) is 7.19. The normalized spacial score (nSPS) is 25.0. The fraction of sp³-hybridized carbons (Fsp3) is 0.474. The second kappa shape index (κ2) is 5.26. The van der Waals surface area contributed by atoms with Crippen molar-refractivity contribution in [1.82, 2.24) is 5.32 Å². The molecule has 2 heteroatoms. The highest BCUT2D eigenvalue weighted by molar-refractivity contribution is 7.17. The monoisotopic (exact) mass is 297 g/mol. The van der Waals surface area contributed by atoms with Gasteiger partial charge in [-0.2, -0.15) is 0 Å².